The maximum atomic E-state index is 14.3. The highest BCUT2D eigenvalue weighted by Crippen LogP contribution is 2.48. The molecule has 5 aromatic rings. The summed E-state index contributed by atoms with van der Waals surface area (Å²) in [4.78, 5) is 25.1. The smallest absolute Gasteiger partial charge is 0.459 e. The maximum Gasteiger partial charge on any atom is 0.459 e. The molecule has 3 unspecified atom stereocenters. The van der Waals surface area contributed by atoms with Crippen molar-refractivity contribution in [2.24, 2.45) is 0 Å². The van der Waals surface area contributed by atoms with Gasteiger partial charge >= 0.3 is 13.7 Å². The summed E-state index contributed by atoms with van der Waals surface area (Å²) in [7, 11) is -4.39. The first-order valence-corrected chi connectivity index (χ1v) is 16.1. The van der Waals surface area contributed by atoms with E-state index >= 15 is 0 Å². The van der Waals surface area contributed by atoms with E-state index in [4.69, 9.17) is 35.9 Å². The van der Waals surface area contributed by atoms with E-state index in [-0.39, 0.29) is 34.6 Å². The fourth-order valence-corrected chi connectivity index (χ4v) is 6.80. The standard InChI is InChI=1S/C30H30ClN6O8P/c1-17(29(40)42-14-18-8-3-2-4-9-18)36-46(41,45-21-13-7-11-19-10-5-6-12-20(19)21)43-15-22-24(38)25(39)28(44-22)37-27-23(35-30(37)31)26(32)33-16-34-27/h2-13,16-17,22,24-25,28,38-39H,14-15H2,1H3,(H,36,41)(H2,32,33,34)/t17-,22+,24?,25?,28+,46?/m0/s1. The largest absolute Gasteiger partial charge is 0.460 e. The molecule has 16 heteroatoms. The lowest BCUT2D eigenvalue weighted by Crippen LogP contribution is -2.37. The fourth-order valence-electron chi connectivity index (χ4n) is 5.02. The summed E-state index contributed by atoms with van der Waals surface area (Å²) in [5, 5.41) is 25.8. The normalized spacial score (nSPS) is 21.7. The van der Waals surface area contributed by atoms with E-state index in [0.29, 0.717) is 5.39 Å². The molecular weight excluding hydrogens is 639 g/mol. The summed E-state index contributed by atoms with van der Waals surface area (Å²) >= 11 is 6.33. The Bertz CT molecular complexity index is 1910. The summed E-state index contributed by atoms with van der Waals surface area (Å²) in [6.07, 6.45) is -4.31. The number of imidazole rings is 1. The Morgan fingerprint density at radius 2 is 1.83 bits per heavy atom. The van der Waals surface area contributed by atoms with Crippen molar-refractivity contribution in [2.75, 3.05) is 12.3 Å². The molecule has 0 radical (unpaired) electrons. The van der Waals surface area contributed by atoms with Gasteiger partial charge in [-0.3, -0.25) is 13.9 Å². The third-order valence-corrected chi connectivity index (χ3v) is 9.26. The number of fused-ring (bicyclic) bond motifs is 2. The predicted octanol–water partition coefficient (Wildman–Crippen LogP) is 3.76. The summed E-state index contributed by atoms with van der Waals surface area (Å²) in [6, 6.07) is 20.4. The van der Waals surface area contributed by atoms with Crippen LogP contribution in [0.15, 0.2) is 79.1 Å². The van der Waals surface area contributed by atoms with Crippen LogP contribution in [0.2, 0.25) is 5.28 Å². The number of carbonyl (C=O) groups is 1. The minimum Gasteiger partial charge on any atom is -0.460 e. The van der Waals surface area contributed by atoms with Crippen molar-refractivity contribution >= 4 is 53.1 Å². The van der Waals surface area contributed by atoms with Crippen LogP contribution in [0, 0.1) is 0 Å². The van der Waals surface area contributed by atoms with Crippen LogP contribution < -0.4 is 15.3 Å². The molecule has 0 aliphatic carbocycles. The monoisotopic (exact) mass is 668 g/mol. The minimum absolute atomic E-state index is 0.00444. The zero-order chi connectivity index (χ0) is 32.4. The van der Waals surface area contributed by atoms with Crippen molar-refractivity contribution in [2.45, 2.75) is 44.1 Å². The van der Waals surface area contributed by atoms with Gasteiger partial charge in [-0.1, -0.05) is 66.7 Å². The average molecular weight is 669 g/mol. The number of hydrogen-bond acceptors (Lipinski definition) is 12. The number of nitrogen functional groups attached to an aromatic ring is 1. The minimum atomic E-state index is -4.39. The van der Waals surface area contributed by atoms with E-state index in [1.165, 1.54) is 17.8 Å². The molecule has 3 heterocycles. The van der Waals surface area contributed by atoms with Crippen molar-refractivity contribution in [1.29, 1.82) is 0 Å². The third kappa shape index (κ3) is 6.55. The summed E-state index contributed by atoms with van der Waals surface area (Å²) in [5.41, 5.74) is 7.01. The van der Waals surface area contributed by atoms with Gasteiger partial charge in [0.1, 0.15) is 43.0 Å². The lowest BCUT2D eigenvalue weighted by atomic mass is 10.1. The molecular formula is C30H30ClN6O8P. The Kier molecular flexibility index (Phi) is 9.20. The number of ether oxygens (including phenoxy) is 2. The first kappa shape index (κ1) is 31.8. The molecule has 240 valence electrons. The number of halogens is 1. The number of hydrogen-bond donors (Lipinski definition) is 4. The third-order valence-electron chi connectivity index (χ3n) is 7.36. The average Bonchev–Trinajstić information content (AvgIpc) is 3.54. The number of rotatable bonds is 11. The van der Waals surface area contributed by atoms with Crippen LogP contribution in [0.25, 0.3) is 21.9 Å². The number of esters is 1. The Balaban J connectivity index is 1.22. The van der Waals surface area contributed by atoms with E-state index in [2.05, 4.69) is 20.0 Å². The van der Waals surface area contributed by atoms with Crippen molar-refractivity contribution in [3.63, 3.8) is 0 Å². The number of aromatic nitrogens is 4. The number of nitrogens with one attached hydrogen (secondary N) is 1. The van der Waals surface area contributed by atoms with Gasteiger partial charge in [0, 0.05) is 5.39 Å². The molecule has 0 bridgehead atoms. The molecule has 5 N–H and O–H groups in total. The number of anilines is 1. The number of aliphatic hydroxyl groups excluding tert-OH is 2. The van der Waals surface area contributed by atoms with E-state index in [1.54, 1.807) is 36.4 Å². The van der Waals surface area contributed by atoms with Gasteiger partial charge in [0.15, 0.2) is 23.2 Å². The molecule has 6 rings (SSSR count). The fraction of sp³-hybridized carbons (Fsp3) is 0.267. The van der Waals surface area contributed by atoms with E-state index in [0.717, 1.165) is 10.9 Å². The Morgan fingerprint density at radius 3 is 2.63 bits per heavy atom. The van der Waals surface area contributed by atoms with Gasteiger partial charge in [0.25, 0.3) is 0 Å². The van der Waals surface area contributed by atoms with E-state index in [1.807, 2.05) is 36.4 Å². The van der Waals surface area contributed by atoms with Crippen LogP contribution in [0.5, 0.6) is 5.75 Å². The van der Waals surface area contributed by atoms with Crippen LogP contribution in [0.1, 0.15) is 18.7 Å². The zero-order valence-corrected chi connectivity index (χ0v) is 26.0. The summed E-state index contributed by atoms with van der Waals surface area (Å²) in [6.45, 7) is 0.928. The second kappa shape index (κ2) is 13.3. The Labute approximate surface area is 267 Å². The number of nitrogens with two attached hydrogens (primary N) is 1. The molecule has 1 fully saturated rings. The van der Waals surface area contributed by atoms with Crippen LogP contribution in [-0.2, 0) is 30.0 Å². The zero-order valence-electron chi connectivity index (χ0n) is 24.3. The van der Waals surface area contributed by atoms with Gasteiger partial charge in [0.2, 0.25) is 5.28 Å². The van der Waals surface area contributed by atoms with Gasteiger partial charge in [-0.2, -0.15) is 5.09 Å². The number of nitrogens with zero attached hydrogens (tertiary/aromatic N) is 4. The van der Waals surface area contributed by atoms with E-state index in [9.17, 15) is 19.6 Å². The Morgan fingerprint density at radius 1 is 1.09 bits per heavy atom. The first-order valence-electron chi connectivity index (χ1n) is 14.2. The molecule has 46 heavy (non-hydrogen) atoms. The van der Waals surface area contributed by atoms with Gasteiger partial charge in [-0.15, -0.1) is 0 Å². The van der Waals surface area contributed by atoms with Crippen molar-refractivity contribution in [3.8, 4) is 5.75 Å². The molecule has 1 saturated heterocycles. The van der Waals surface area contributed by atoms with Gasteiger partial charge in [-0.25, -0.2) is 19.5 Å². The topological polar surface area (TPSA) is 193 Å². The summed E-state index contributed by atoms with van der Waals surface area (Å²) in [5.74, 6) is -0.421. The highest BCUT2D eigenvalue weighted by Gasteiger charge is 2.47. The molecule has 1 aliphatic heterocycles. The predicted molar refractivity (Wildman–Crippen MR) is 168 cm³/mol. The van der Waals surface area contributed by atoms with E-state index < -0.39 is 50.9 Å². The number of carbonyl (C=O) groups excluding carboxylic acids is 1. The van der Waals surface area contributed by atoms with Crippen molar-refractivity contribution in [1.82, 2.24) is 24.6 Å². The van der Waals surface area contributed by atoms with Gasteiger partial charge in [0.05, 0.1) is 6.61 Å². The van der Waals surface area contributed by atoms with Gasteiger partial charge < -0.3 is 29.9 Å². The highest BCUT2D eigenvalue weighted by molar-refractivity contribution is 7.52. The molecule has 2 aromatic heterocycles. The second-order valence-corrected chi connectivity index (χ2v) is 12.6. The molecule has 0 spiro atoms. The Hall–Kier alpha value is -4.14. The SMILES string of the molecule is C[C@H](NP(=O)(OC[C@H]1O[C@@H](n2c(Cl)nc3c(N)ncnc32)C(O)C1O)Oc1cccc2ccccc12)C(=O)OCc1ccccc1. The quantitative estimate of drug-likeness (QED) is 0.0904. The molecule has 0 saturated carbocycles. The molecule has 3 aromatic carbocycles. The summed E-state index contributed by atoms with van der Waals surface area (Å²) < 4.78 is 38.6. The van der Waals surface area contributed by atoms with Crippen LogP contribution in [0.3, 0.4) is 0 Å². The molecule has 6 atom stereocenters. The maximum absolute atomic E-state index is 14.3. The first-order chi connectivity index (χ1) is 22.1. The van der Waals surface area contributed by atoms with Crippen molar-refractivity contribution < 1.29 is 38.1 Å². The lowest BCUT2D eigenvalue weighted by molar-refractivity contribution is -0.146. The number of benzene rings is 3. The van der Waals surface area contributed by atoms with Crippen LogP contribution in [-0.4, -0.2) is 66.7 Å². The highest BCUT2D eigenvalue weighted by atomic mass is 35.5. The van der Waals surface area contributed by atoms with Crippen molar-refractivity contribution in [3.05, 3.63) is 90.0 Å². The number of aliphatic hydroxyl groups is 2. The molecule has 1 aliphatic rings. The van der Waals surface area contributed by atoms with Crippen LogP contribution in [0.4, 0.5) is 5.82 Å². The van der Waals surface area contributed by atoms with Crippen LogP contribution >= 0.6 is 19.3 Å². The second-order valence-electron chi connectivity index (χ2n) is 10.5. The lowest BCUT2D eigenvalue weighted by Gasteiger charge is -2.25. The molecule has 14 nitrogen and oxygen atoms in total. The molecule has 0 amide bonds. The van der Waals surface area contributed by atoms with Gasteiger partial charge in [-0.05, 0) is 35.5 Å².